The van der Waals surface area contributed by atoms with Crippen molar-refractivity contribution in [2.75, 3.05) is 6.61 Å². The summed E-state index contributed by atoms with van der Waals surface area (Å²) in [6.07, 6.45) is 1.42. The van der Waals surface area contributed by atoms with Crippen LogP contribution < -0.4 is 0 Å². The van der Waals surface area contributed by atoms with E-state index in [1.807, 2.05) is 0 Å². The third-order valence-corrected chi connectivity index (χ3v) is 4.23. The largest absolute Gasteiger partial charge is 0.378 e. The van der Waals surface area contributed by atoms with E-state index < -0.39 is 0 Å². The molecule has 1 aromatic rings. The predicted octanol–water partition coefficient (Wildman–Crippen LogP) is 4.32. The summed E-state index contributed by atoms with van der Waals surface area (Å²) in [7, 11) is 0. The number of aryl methyl sites for hydroxylation is 3. The first-order valence-electron chi connectivity index (χ1n) is 6.32. The molecule has 17 heavy (non-hydrogen) atoms. The van der Waals surface area contributed by atoms with Gasteiger partial charge in [-0.05, 0) is 50.8 Å². The first-order chi connectivity index (χ1) is 7.99. The number of rotatable bonds is 2. The van der Waals surface area contributed by atoms with Gasteiger partial charge in [-0.2, -0.15) is 0 Å². The predicted molar refractivity (Wildman–Crippen MR) is 72.8 cm³/mol. The Morgan fingerprint density at radius 1 is 1.24 bits per heavy atom. The number of hydrogen-bond donors (Lipinski definition) is 0. The van der Waals surface area contributed by atoms with E-state index in [1.165, 1.54) is 22.3 Å². The summed E-state index contributed by atoms with van der Waals surface area (Å²) < 4.78 is 5.63. The fourth-order valence-corrected chi connectivity index (χ4v) is 3.44. The van der Waals surface area contributed by atoms with Crippen LogP contribution in [0.5, 0.6) is 0 Å². The minimum absolute atomic E-state index is 0.0838. The maximum atomic E-state index is 6.66. The van der Waals surface area contributed by atoms with Gasteiger partial charge in [-0.25, -0.2) is 0 Å². The lowest BCUT2D eigenvalue weighted by Crippen LogP contribution is -2.11. The molecule has 1 aromatic carbocycles. The van der Waals surface area contributed by atoms with Crippen molar-refractivity contribution >= 4 is 11.6 Å². The molecule has 0 saturated carbocycles. The lowest BCUT2D eigenvalue weighted by atomic mass is 9.89. The first kappa shape index (κ1) is 12.9. The van der Waals surface area contributed by atoms with Gasteiger partial charge in [0, 0.05) is 5.92 Å². The van der Waals surface area contributed by atoms with Gasteiger partial charge in [-0.3, -0.25) is 0 Å². The zero-order valence-corrected chi connectivity index (χ0v) is 11.8. The highest BCUT2D eigenvalue weighted by molar-refractivity contribution is 6.21. The second-order valence-corrected chi connectivity index (χ2v) is 5.82. The average Bonchev–Trinajstić information content (AvgIpc) is 2.63. The maximum Gasteiger partial charge on any atom is 0.0641 e. The molecule has 2 rings (SSSR count). The van der Waals surface area contributed by atoms with Crippen LogP contribution in [-0.2, 0) is 4.74 Å². The SMILES string of the molecule is Cc1cc(C)c(C(Cl)C2COC(C)C2)c(C)c1. The van der Waals surface area contributed by atoms with E-state index in [0.29, 0.717) is 12.0 Å². The van der Waals surface area contributed by atoms with Crippen molar-refractivity contribution in [1.82, 2.24) is 0 Å². The summed E-state index contributed by atoms with van der Waals surface area (Å²) in [4.78, 5) is 0. The molecule has 0 bridgehead atoms. The zero-order valence-electron chi connectivity index (χ0n) is 11.1. The molecular weight excluding hydrogens is 232 g/mol. The molecule has 1 saturated heterocycles. The Morgan fingerprint density at radius 3 is 2.29 bits per heavy atom. The van der Waals surface area contributed by atoms with Crippen LogP contribution in [0.3, 0.4) is 0 Å². The molecule has 0 N–H and O–H groups in total. The molecule has 0 amide bonds. The minimum atomic E-state index is 0.0838. The van der Waals surface area contributed by atoms with Crippen LogP contribution >= 0.6 is 11.6 Å². The summed E-state index contributed by atoms with van der Waals surface area (Å²) >= 11 is 6.66. The van der Waals surface area contributed by atoms with E-state index in [4.69, 9.17) is 16.3 Å². The molecule has 2 heteroatoms. The number of benzene rings is 1. The summed E-state index contributed by atoms with van der Waals surface area (Å²) in [5.41, 5.74) is 5.23. The van der Waals surface area contributed by atoms with E-state index in [0.717, 1.165) is 13.0 Å². The first-order valence-corrected chi connectivity index (χ1v) is 6.76. The van der Waals surface area contributed by atoms with Gasteiger partial charge in [0.15, 0.2) is 0 Å². The van der Waals surface area contributed by atoms with E-state index in [-0.39, 0.29) is 5.38 Å². The van der Waals surface area contributed by atoms with Crippen molar-refractivity contribution in [2.24, 2.45) is 5.92 Å². The smallest absolute Gasteiger partial charge is 0.0641 e. The zero-order chi connectivity index (χ0) is 12.6. The molecule has 0 radical (unpaired) electrons. The quantitative estimate of drug-likeness (QED) is 0.713. The Bertz CT molecular complexity index is 390. The maximum absolute atomic E-state index is 6.66. The number of halogens is 1. The van der Waals surface area contributed by atoms with Crippen LogP contribution in [-0.4, -0.2) is 12.7 Å². The fourth-order valence-electron chi connectivity index (χ4n) is 2.92. The molecule has 1 aliphatic rings. The second kappa shape index (κ2) is 4.99. The molecule has 1 heterocycles. The summed E-state index contributed by atoms with van der Waals surface area (Å²) in [5.74, 6) is 0.451. The molecule has 1 fully saturated rings. The van der Waals surface area contributed by atoms with Gasteiger partial charge < -0.3 is 4.74 Å². The number of alkyl halides is 1. The lowest BCUT2D eigenvalue weighted by molar-refractivity contribution is 0.120. The van der Waals surface area contributed by atoms with E-state index >= 15 is 0 Å². The van der Waals surface area contributed by atoms with Gasteiger partial charge in [0.1, 0.15) is 0 Å². The van der Waals surface area contributed by atoms with E-state index in [9.17, 15) is 0 Å². The molecule has 1 aliphatic heterocycles. The van der Waals surface area contributed by atoms with Gasteiger partial charge in [-0.1, -0.05) is 17.7 Å². The van der Waals surface area contributed by atoms with Crippen LogP contribution in [0, 0.1) is 26.7 Å². The highest BCUT2D eigenvalue weighted by Crippen LogP contribution is 2.39. The summed E-state index contributed by atoms with van der Waals surface area (Å²) in [5, 5.41) is 0.0838. The van der Waals surface area contributed by atoms with Crippen molar-refractivity contribution in [3.05, 3.63) is 34.4 Å². The van der Waals surface area contributed by atoms with Crippen molar-refractivity contribution in [1.29, 1.82) is 0 Å². The third kappa shape index (κ3) is 2.66. The van der Waals surface area contributed by atoms with Crippen LogP contribution in [0.1, 0.15) is 41.0 Å². The highest BCUT2D eigenvalue weighted by Gasteiger charge is 2.30. The van der Waals surface area contributed by atoms with Gasteiger partial charge in [-0.15, -0.1) is 11.6 Å². The Kier molecular flexibility index (Phi) is 3.79. The van der Waals surface area contributed by atoms with Crippen LogP contribution in [0.25, 0.3) is 0 Å². The molecule has 94 valence electrons. The Morgan fingerprint density at radius 2 is 1.82 bits per heavy atom. The second-order valence-electron chi connectivity index (χ2n) is 5.35. The fraction of sp³-hybridized carbons (Fsp3) is 0.600. The minimum Gasteiger partial charge on any atom is -0.378 e. The Hall–Kier alpha value is -0.530. The molecule has 0 spiro atoms. The molecule has 1 nitrogen and oxygen atoms in total. The Balaban J connectivity index is 2.27. The van der Waals surface area contributed by atoms with E-state index in [1.54, 1.807) is 0 Å². The molecule has 0 aliphatic carbocycles. The standard InChI is InChI=1S/C15H21ClO/c1-9-5-10(2)14(11(3)6-9)15(16)13-7-12(4)17-8-13/h5-6,12-13,15H,7-8H2,1-4H3. The number of ether oxygens (including phenoxy) is 1. The monoisotopic (exact) mass is 252 g/mol. The summed E-state index contributed by atoms with van der Waals surface area (Å²) in [6, 6.07) is 4.44. The molecule has 3 atom stereocenters. The van der Waals surface area contributed by atoms with Gasteiger partial charge in [0.25, 0.3) is 0 Å². The van der Waals surface area contributed by atoms with Gasteiger partial charge in [0.05, 0.1) is 18.1 Å². The van der Waals surface area contributed by atoms with Crippen LogP contribution in [0.4, 0.5) is 0 Å². The van der Waals surface area contributed by atoms with Crippen molar-refractivity contribution in [3.8, 4) is 0 Å². The van der Waals surface area contributed by atoms with Gasteiger partial charge in [0.2, 0.25) is 0 Å². The van der Waals surface area contributed by atoms with E-state index in [2.05, 4.69) is 39.8 Å². The molecular formula is C15H21ClO. The Labute approximate surface area is 109 Å². The highest BCUT2D eigenvalue weighted by atomic mass is 35.5. The molecule has 3 unspecified atom stereocenters. The lowest BCUT2D eigenvalue weighted by Gasteiger charge is -2.21. The normalized spacial score (nSPS) is 26.2. The topological polar surface area (TPSA) is 9.23 Å². The van der Waals surface area contributed by atoms with Crippen molar-refractivity contribution < 1.29 is 4.74 Å². The molecule has 0 aromatic heterocycles. The van der Waals surface area contributed by atoms with Crippen molar-refractivity contribution in [3.63, 3.8) is 0 Å². The summed E-state index contributed by atoms with van der Waals surface area (Å²) in [6.45, 7) is 9.36. The number of hydrogen-bond acceptors (Lipinski definition) is 1. The van der Waals surface area contributed by atoms with Crippen LogP contribution in [0.15, 0.2) is 12.1 Å². The van der Waals surface area contributed by atoms with Crippen LogP contribution in [0.2, 0.25) is 0 Å². The third-order valence-electron chi connectivity index (χ3n) is 3.66. The average molecular weight is 253 g/mol. The van der Waals surface area contributed by atoms with Gasteiger partial charge >= 0.3 is 0 Å². The van der Waals surface area contributed by atoms with Crippen molar-refractivity contribution in [2.45, 2.75) is 45.6 Å².